The third-order valence-corrected chi connectivity index (χ3v) is 5.13. The lowest BCUT2D eigenvalue weighted by Gasteiger charge is -2.05. The van der Waals surface area contributed by atoms with Crippen LogP contribution in [0.15, 0.2) is 45.8 Å². The molecule has 1 amide bonds. The minimum absolute atomic E-state index is 0.170. The van der Waals surface area contributed by atoms with Crippen molar-refractivity contribution in [3.8, 4) is 0 Å². The molecule has 0 saturated carbocycles. The van der Waals surface area contributed by atoms with E-state index in [4.69, 9.17) is 0 Å². The number of tetrazole rings is 1. The molecule has 0 atom stereocenters. The zero-order valence-electron chi connectivity index (χ0n) is 12.9. The number of hydrogen-bond acceptors (Lipinski definition) is 8. The van der Waals surface area contributed by atoms with Gasteiger partial charge in [0, 0.05) is 23.6 Å². The fourth-order valence-corrected chi connectivity index (χ4v) is 3.59. The summed E-state index contributed by atoms with van der Waals surface area (Å²) in [5.74, 6) is -0.387. The molecule has 0 aliphatic heterocycles. The Balaban J connectivity index is 1.89. The summed E-state index contributed by atoms with van der Waals surface area (Å²) in [6, 6.07) is 8.19. The normalized spacial score (nSPS) is 10.6. The van der Waals surface area contributed by atoms with Crippen LogP contribution in [-0.2, 0) is 6.54 Å². The zero-order valence-corrected chi connectivity index (χ0v) is 14.6. The van der Waals surface area contributed by atoms with Gasteiger partial charge in [0.2, 0.25) is 5.16 Å². The van der Waals surface area contributed by atoms with E-state index >= 15 is 0 Å². The van der Waals surface area contributed by atoms with Crippen molar-refractivity contribution in [1.29, 1.82) is 0 Å². The second-order valence-corrected chi connectivity index (χ2v) is 6.86. The molecule has 0 saturated heterocycles. The maximum Gasteiger partial charge on any atom is 0.284 e. The van der Waals surface area contributed by atoms with E-state index in [-0.39, 0.29) is 17.2 Å². The van der Waals surface area contributed by atoms with Gasteiger partial charge >= 0.3 is 0 Å². The van der Waals surface area contributed by atoms with E-state index in [9.17, 15) is 14.9 Å². The quantitative estimate of drug-likeness (QED) is 0.518. The Morgan fingerprint density at radius 1 is 1.44 bits per heavy atom. The van der Waals surface area contributed by atoms with Gasteiger partial charge < -0.3 is 5.32 Å². The largest absolute Gasteiger partial charge is 0.355 e. The second-order valence-electron chi connectivity index (χ2n) is 4.82. The number of carbonyl (C=O) groups is 1. The third kappa shape index (κ3) is 3.83. The summed E-state index contributed by atoms with van der Waals surface area (Å²) < 4.78 is 1.58. The summed E-state index contributed by atoms with van der Waals surface area (Å²) in [7, 11) is 1.47. The predicted molar refractivity (Wildman–Crippen MR) is 91.8 cm³/mol. The molecule has 0 unspecified atom stereocenters. The van der Waals surface area contributed by atoms with Crippen molar-refractivity contribution in [2.75, 3.05) is 7.05 Å². The summed E-state index contributed by atoms with van der Waals surface area (Å²) in [6.45, 7) is 0.483. The lowest BCUT2D eigenvalue weighted by molar-refractivity contribution is -0.387. The monoisotopic (exact) mass is 376 g/mol. The van der Waals surface area contributed by atoms with Crippen LogP contribution < -0.4 is 5.32 Å². The minimum atomic E-state index is -0.526. The van der Waals surface area contributed by atoms with E-state index in [0.29, 0.717) is 16.6 Å². The molecule has 0 fully saturated rings. The van der Waals surface area contributed by atoms with Crippen molar-refractivity contribution in [3.63, 3.8) is 0 Å². The molecule has 0 radical (unpaired) electrons. The minimum Gasteiger partial charge on any atom is -0.355 e. The van der Waals surface area contributed by atoms with Crippen molar-refractivity contribution in [1.82, 2.24) is 25.5 Å². The molecule has 2 heterocycles. The molecule has 2 aromatic heterocycles. The summed E-state index contributed by atoms with van der Waals surface area (Å²) in [4.78, 5) is 23.9. The van der Waals surface area contributed by atoms with Crippen LogP contribution in [0.5, 0.6) is 0 Å². The summed E-state index contributed by atoms with van der Waals surface area (Å²) in [5.41, 5.74) is 0.0495. The van der Waals surface area contributed by atoms with Crippen molar-refractivity contribution < 1.29 is 9.72 Å². The van der Waals surface area contributed by atoms with Crippen LogP contribution in [0, 0.1) is 10.1 Å². The number of amides is 1. The molecular formula is C14H12N6O3S2. The molecule has 0 aliphatic rings. The highest BCUT2D eigenvalue weighted by atomic mass is 32.2. The molecule has 0 spiro atoms. The molecule has 9 nitrogen and oxygen atoms in total. The van der Waals surface area contributed by atoms with Crippen molar-refractivity contribution in [3.05, 3.63) is 56.3 Å². The van der Waals surface area contributed by atoms with Crippen molar-refractivity contribution >= 4 is 34.7 Å². The average molecular weight is 376 g/mol. The van der Waals surface area contributed by atoms with Crippen LogP contribution in [0.4, 0.5) is 5.69 Å². The number of nitrogens with one attached hydrogen (secondary N) is 1. The highest BCUT2D eigenvalue weighted by Gasteiger charge is 2.20. The Labute approximate surface area is 150 Å². The van der Waals surface area contributed by atoms with E-state index in [1.54, 1.807) is 16.0 Å². The number of benzene rings is 1. The average Bonchev–Trinajstić information content (AvgIpc) is 3.27. The highest BCUT2D eigenvalue weighted by molar-refractivity contribution is 7.99. The standard InChI is InChI=1S/C14H12N6O3S2/c1-15-13(21)9-4-5-12(11(7-9)20(22)23)25-14-16-17-18-19(14)8-10-3-2-6-24-10/h2-7H,8H2,1H3,(H,15,21). The molecular weight excluding hydrogens is 364 g/mol. The Morgan fingerprint density at radius 3 is 2.96 bits per heavy atom. The van der Waals surface area contributed by atoms with E-state index in [1.165, 1.54) is 25.2 Å². The summed E-state index contributed by atoms with van der Waals surface area (Å²) in [6.07, 6.45) is 0. The smallest absolute Gasteiger partial charge is 0.284 e. The number of thiophene rings is 1. The van der Waals surface area contributed by atoms with E-state index in [0.717, 1.165) is 16.6 Å². The molecule has 1 N–H and O–H groups in total. The number of rotatable bonds is 6. The van der Waals surface area contributed by atoms with Gasteiger partial charge in [-0.2, -0.15) is 0 Å². The van der Waals surface area contributed by atoms with Crippen LogP contribution in [0.1, 0.15) is 15.2 Å². The first-order valence-electron chi connectivity index (χ1n) is 7.05. The van der Waals surface area contributed by atoms with Crippen molar-refractivity contribution in [2.24, 2.45) is 0 Å². The van der Waals surface area contributed by atoms with Gasteiger partial charge in [0.1, 0.15) is 0 Å². The lowest BCUT2D eigenvalue weighted by atomic mass is 10.2. The van der Waals surface area contributed by atoms with Gasteiger partial charge in [0.05, 0.1) is 16.4 Å². The van der Waals surface area contributed by atoms with Crippen LogP contribution in [-0.4, -0.2) is 38.1 Å². The van der Waals surface area contributed by atoms with Gasteiger partial charge in [0.25, 0.3) is 11.6 Å². The van der Waals surface area contributed by atoms with E-state index in [1.807, 2.05) is 17.5 Å². The van der Waals surface area contributed by atoms with Gasteiger partial charge in [-0.25, -0.2) is 4.68 Å². The first-order valence-corrected chi connectivity index (χ1v) is 8.75. The Hall–Kier alpha value is -2.79. The van der Waals surface area contributed by atoms with E-state index in [2.05, 4.69) is 20.8 Å². The van der Waals surface area contributed by atoms with Gasteiger partial charge in [-0.15, -0.1) is 16.4 Å². The van der Waals surface area contributed by atoms with Crippen molar-refractivity contribution in [2.45, 2.75) is 16.6 Å². The molecule has 1 aromatic carbocycles. The molecule has 0 bridgehead atoms. The van der Waals surface area contributed by atoms with E-state index < -0.39 is 4.92 Å². The molecule has 128 valence electrons. The van der Waals surface area contributed by atoms with Gasteiger partial charge in [0.15, 0.2) is 0 Å². The topological polar surface area (TPSA) is 116 Å². The predicted octanol–water partition coefficient (Wildman–Crippen LogP) is 2.20. The number of nitro benzene ring substituents is 1. The van der Waals surface area contributed by atoms with Gasteiger partial charge in [-0.1, -0.05) is 6.07 Å². The second kappa shape index (κ2) is 7.40. The van der Waals surface area contributed by atoms with Crippen LogP contribution in [0.25, 0.3) is 0 Å². The fourth-order valence-electron chi connectivity index (χ4n) is 2.05. The molecule has 25 heavy (non-hydrogen) atoms. The maximum absolute atomic E-state index is 11.7. The number of nitrogens with zero attached hydrogens (tertiary/aromatic N) is 5. The van der Waals surface area contributed by atoms with Gasteiger partial charge in [-0.3, -0.25) is 14.9 Å². The zero-order chi connectivity index (χ0) is 17.8. The molecule has 3 rings (SSSR count). The number of hydrogen-bond donors (Lipinski definition) is 1. The SMILES string of the molecule is CNC(=O)c1ccc(Sc2nnnn2Cc2cccs2)c([N+](=O)[O-])c1. The third-order valence-electron chi connectivity index (χ3n) is 3.23. The molecule has 11 heteroatoms. The molecule has 0 aliphatic carbocycles. The first-order chi connectivity index (χ1) is 12.1. The van der Waals surface area contributed by atoms with Crippen LogP contribution in [0.3, 0.4) is 0 Å². The summed E-state index contributed by atoms with van der Waals surface area (Å²) >= 11 is 2.66. The highest BCUT2D eigenvalue weighted by Crippen LogP contribution is 2.34. The van der Waals surface area contributed by atoms with Crippen LogP contribution in [0.2, 0.25) is 0 Å². The summed E-state index contributed by atoms with van der Waals surface area (Å²) in [5, 5.41) is 27.7. The lowest BCUT2D eigenvalue weighted by Crippen LogP contribution is -2.17. The van der Waals surface area contributed by atoms with Gasteiger partial charge in [-0.05, 0) is 45.8 Å². The van der Waals surface area contributed by atoms with Crippen LogP contribution >= 0.6 is 23.1 Å². The first kappa shape index (κ1) is 17.0. The number of carbonyl (C=O) groups excluding carboxylic acids is 1. The molecule has 3 aromatic rings. The Kier molecular flexibility index (Phi) is 5.05. The number of aromatic nitrogens is 4. The Bertz CT molecular complexity index is 909. The maximum atomic E-state index is 11.7. The number of nitro groups is 1. The Morgan fingerprint density at radius 2 is 2.28 bits per heavy atom. The fraction of sp³-hybridized carbons (Fsp3) is 0.143.